The molecule has 0 bridgehead atoms. The molecule has 2 atom stereocenters. The van der Waals surface area contributed by atoms with Gasteiger partial charge in [0.25, 0.3) is 0 Å². The van der Waals surface area contributed by atoms with Gasteiger partial charge in [-0.2, -0.15) is 5.10 Å². The number of nitrogens with two attached hydrogens (primary N) is 1. The maximum Gasteiger partial charge on any atom is 0.153 e. The normalized spacial score (nSPS) is 28.4. The average molecular weight is 274 g/mol. The minimum atomic E-state index is 0.585. The maximum absolute atomic E-state index is 6.09. The lowest BCUT2D eigenvalue weighted by Gasteiger charge is -2.06. The highest BCUT2D eigenvalue weighted by atomic mass is 35.5. The number of fused-ring (bicyclic) bond motifs is 1. The van der Waals surface area contributed by atoms with E-state index >= 15 is 0 Å². The first-order chi connectivity index (χ1) is 9.25. The van der Waals surface area contributed by atoms with Gasteiger partial charge in [0.2, 0.25) is 0 Å². The molecule has 19 heavy (non-hydrogen) atoms. The smallest absolute Gasteiger partial charge is 0.153 e. The van der Waals surface area contributed by atoms with Gasteiger partial charge in [-0.05, 0) is 42.4 Å². The Kier molecular flexibility index (Phi) is 2.39. The number of H-pyrrole nitrogens is 1. The summed E-state index contributed by atoms with van der Waals surface area (Å²) < 4.78 is 0. The third-order valence-corrected chi connectivity index (χ3v) is 4.91. The summed E-state index contributed by atoms with van der Waals surface area (Å²) in [4.78, 5) is 0. The first-order valence-electron chi connectivity index (χ1n) is 6.85. The second-order valence-electron chi connectivity index (χ2n) is 5.69. The molecular weight excluding hydrogens is 258 g/mol. The average Bonchev–Trinajstić information content (AvgIpc) is 2.78. The monoisotopic (exact) mass is 273 g/mol. The molecule has 2 fully saturated rings. The topological polar surface area (TPSA) is 54.7 Å². The van der Waals surface area contributed by atoms with Gasteiger partial charge >= 0.3 is 0 Å². The maximum atomic E-state index is 6.09. The van der Waals surface area contributed by atoms with Crippen molar-refractivity contribution in [3.05, 3.63) is 35.0 Å². The molecule has 4 rings (SSSR count). The molecule has 1 aromatic heterocycles. The molecule has 1 heterocycles. The van der Waals surface area contributed by atoms with E-state index in [2.05, 4.69) is 16.3 Å². The second-order valence-corrected chi connectivity index (χ2v) is 6.13. The van der Waals surface area contributed by atoms with Crippen LogP contribution in [0, 0.1) is 11.8 Å². The number of rotatable bonds is 2. The highest BCUT2D eigenvalue weighted by Gasteiger charge is 2.54. The predicted octanol–water partition coefficient (Wildman–Crippen LogP) is 3.83. The Morgan fingerprint density at radius 3 is 2.79 bits per heavy atom. The first-order valence-corrected chi connectivity index (χ1v) is 7.23. The summed E-state index contributed by atoms with van der Waals surface area (Å²) in [5.41, 5.74) is 9.40. The van der Waals surface area contributed by atoms with E-state index < -0.39 is 0 Å². The number of nitrogens with zero attached hydrogens (tertiary/aromatic N) is 1. The molecule has 2 unspecified atom stereocenters. The molecule has 0 saturated heterocycles. The van der Waals surface area contributed by atoms with E-state index in [4.69, 9.17) is 17.3 Å². The number of nitrogens with one attached hydrogen (secondary N) is 1. The van der Waals surface area contributed by atoms with Crippen molar-refractivity contribution >= 4 is 17.4 Å². The van der Waals surface area contributed by atoms with Crippen molar-refractivity contribution in [3.8, 4) is 11.1 Å². The van der Waals surface area contributed by atoms with E-state index in [1.165, 1.54) is 25.0 Å². The molecule has 0 radical (unpaired) electrons. The Morgan fingerprint density at radius 2 is 2.05 bits per heavy atom. The summed E-state index contributed by atoms with van der Waals surface area (Å²) >= 11 is 6.09. The van der Waals surface area contributed by atoms with Gasteiger partial charge in [-0.25, -0.2) is 0 Å². The molecule has 3 N–H and O–H groups in total. The van der Waals surface area contributed by atoms with Gasteiger partial charge in [0.15, 0.2) is 5.82 Å². The van der Waals surface area contributed by atoms with Crippen LogP contribution in [0.2, 0.25) is 5.02 Å². The molecule has 0 spiro atoms. The van der Waals surface area contributed by atoms with Gasteiger partial charge in [0.05, 0.1) is 0 Å². The van der Waals surface area contributed by atoms with Gasteiger partial charge in [-0.3, -0.25) is 5.10 Å². The van der Waals surface area contributed by atoms with Crippen molar-refractivity contribution in [1.82, 2.24) is 10.2 Å². The predicted molar refractivity (Wildman–Crippen MR) is 77.0 cm³/mol. The van der Waals surface area contributed by atoms with Crippen molar-refractivity contribution in [2.24, 2.45) is 11.8 Å². The van der Waals surface area contributed by atoms with Crippen molar-refractivity contribution in [2.75, 3.05) is 5.73 Å². The van der Waals surface area contributed by atoms with Crippen molar-refractivity contribution in [3.63, 3.8) is 0 Å². The Bertz CT molecular complexity index is 624. The molecule has 2 aliphatic carbocycles. The lowest BCUT2D eigenvalue weighted by molar-refractivity contribution is 0.670. The summed E-state index contributed by atoms with van der Waals surface area (Å²) in [5, 5.41) is 8.12. The highest BCUT2D eigenvalue weighted by Crippen LogP contribution is 2.64. The van der Waals surface area contributed by atoms with Crippen LogP contribution in [0.15, 0.2) is 24.3 Å². The Balaban J connectivity index is 1.78. The molecule has 4 heteroatoms. The third-order valence-electron chi connectivity index (χ3n) is 4.68. The lowest BCUT2D eigenvalue weighted by atomic mass is 9.99. The van der Waals surface area contributed by atoms with Crippen LogP contribution in [-0.4, -0.2) is 10.2 Å². The van der Waals surface area contributed by atoms with Crippen LogP contribution < -0.4 is 5.73 Å². The number of aromatic nitrogens is 2. The van der Waals surface area contributed by atoms with Gasteiger partial charge in [-0.15, -0.1) is 0 Å². The van der Waals surface area contributed by atoms with Crippen LogP contribution >= 0.6 is 11.6 Å². The van der Waals surface area contributed by atoms with Crippen LogP contribution in [0.3, 0.4) is 0 Å². The molecule has 0 amide bonds. The molecule has 3 nitrogen and oxygen atoms in total. The molecule has 2 aromatic rings. The SMILES string of the molecule is Nc1n[nH]c(C2C3CCCC32)c1-c1cccc(Cl)c1. The van der Waals surface area contributed by atoms with E-state index in [1.807, 2.05) is 18.2 Å². The fraction of sp³-hybridized carbons (Fsp3) is 0.400. The number of halogens is 1. The molecule has 98 valence electrons. The van der Waals surface area contributed by atoms with E-state index in [0.717, 1.165) is 28.0 Å². The van der Waals surface area contributed by atoms with E-state index in [9.17, 15) is 0 Å². The lowest BCUT2D eigenvalue weighted by Crippen LogP contribution is -1.93. The Morgan fingerprint density at radius 1 is 1.26 bits per heavy atom. The fourth-order valence-corrected chi connectivity index (χ4v) is 4.00. The standard InChI is InChI=1S/C15H16ClN3/c16-9-4-1-3-8(7-9)12-14(18-19-15(12)17)13-10-5-2-6-11(10)13/h1,3-4,7,10-11,13H,2,5-6H2,(H3,17,18,19). The number of hydrogen-bond donors (Lipinski definition) is 2. The summed E-state index contributed by atoms with van der Waals surface area (Å²) in [6.07, 6.45) is 4.08. The molecule has 2 aliphatic rings. The Hall–Kier alpha value is -1.48. The molecular formula is C15H16ClN3. The van der Waals surface area contributed by atoms with Crippen LogP contribution in [0.25, 0.3) is 11.1 Å². The summed E-state index contributed by atoms with van der Waals surface area (Å²) in [6.45, 7) is 0. The highest BCUT2D eigenvalue weighted by molar-refractivity contribution is 6.30. The minimum absolute atomic E-state index is 0.585. The molecule has 0 aliphatic heterocycles. The summed E-state index contributed by atoms with van der Waals surface area (Å²) in [6, 6.07) is 7.85. The second kappa shape index (κ2) is 4.01. The van der Waals surface area contributed by atoms with Crippen LogP contribution in [-0.2, 0) is 0 Å². The zero-order chi connectivity index (χ0) is 13.0. The van der Waals surface area contributed by atoms with E-state index in [1.54, 1.807) is 0 Å². The number of nitrogen functional groups attached to an aromatic ring is 1. The van der Waals surface area contributed by atoms with Crippen molar-refractivity contribution in [2.45, 2.75) is 25.2 Å². The largest absolute Gasteiger partial charge is 0.382 e. The van der Waals surface area contributed by atoms with Crippen molar-refractivity contribution in [1.29, 1.82) is 0 Å². The van der Waals surface area contributed by atoms with Crippen LogP contribution in [0.4, 0.5) is 5.82 Å². The van der Waals surface area contributed by atoms with Crippen LogP contribution in [0.1, 0.15) is 30.9 Å². The van der Waals surface area contributed by atoms with E-state index in [0.29, 0.717) is 11.7 Å². The van der Waals surface area contributed by atoms with Gasteiger partial charge in [0, 0.05) is 22.2 Å². The van der Waals surface area contributed by atoms with Crippen molar-refractivity contribution < 1.29 is 0 Å². The van der Waals surface area contributed by atoms with Gasteiger partial charge in [-0.1, -0.05) is 30.2 Å². The number of aromatic amines is 1. The fourth-order valence-electron chi connectivity index (χ4n) is 3.81. The molecule has 1 aromatic carbocycles. The Labute approximate surface area is 117 Å². The zero-order valence-corrected chi connectivity index (χ0v) is 11.3. The first kappa shape index (κ1) is 11.4. The molecule has 2 saturated carbocycles. The number of hydrogen-bond acceptors (Lipinski definition) is 2. The summed E-state index contributed by atoms with van der Waals surface area (Å²) in [7, 11) is 0. The van der Waals surface area contributed by atoms with E-state index in [-0.39, 0.29) is 0 Å². The van der Waals surface area contributed by atoms with Gasteiger partial charge < -0.3 is 5.73 Å². The minimum Gasteiger partial charge on any atom is -0.382 e. The third kappa shape index (κ3) is 1.68. The zero-order valence-electron chi connectivity index (χ0n) is 10.6. The summed E-state index contributed by atoms with van der Waals surface area (Å²) in [5.74, 6) is 2.91. The van der Waals surface area contributed by atoms with Crippen LogP contribution in [0.5, 0.6) is 0 Å². The number of benzene rings is 1. The van der Waals surface area contributed by atoms with Gasteiger partial charge in [0.1, 0.15) is 0 Å². The number of anilines is 1. The quantitative estimate of drug-likeness (QED) is 0.874.